The molecule has 0 radical (unpaired) electrons. The Kier molecular flexibility index (Phi) is 7.43. The number of nitrogens with zero attached hydrogens (tertiary/aromatic N) is 3. The number of halogens is 1. The number of aromatic nitrogens is 1. The maximum Gasteiger partial charge on any atom is 0.294 e. The number of nitro groups is 1. The van der Waals surface area contributed by atoms with Crippen molar-refractivity contribution in [2.24, 2.45) is 0 Å². The molecule has 2 aromatic carbocycles. The van der Waals surface area contributed by atoms with Gasteiger partial charge in [-0.3, -0.25) is 24.5 Å². The Labute approximate surface area is 226 Å². The third-order valence-corrected chi connectivity index (χ3v) is 7.30. The molecule has 3 aromatic rings. The van der Waals surface area contributed by atoms with Crippen molar-refractivity contribution >= 4 is 50.0 Å². The molecule has 1 aromatic heterocycles. The van der Waals surface area contributed by atoms with Crippen molar-refractivity contribution in [2.45, 2.75) is 18.9 Å². The number of H-pyrrole nitrogens is 1. The van der Waals surface area contributed by atoms with Crippen LogP contribution in [0.2, 0.25) is 0 Å². The van der Waals surface area contributed by atoms with Gasteiger partial charge >= 0.3 is 0 Å². The van der Waals surface area contributed by atoms with Crippen LogP contribution in [-0.2, 0) is 4.74 Å². The standard InChI is InChI=1S/C26H26BrN5O6/c27-16-12-20(26(35)30-8-10-38-11-9-30)24(22(13-16)32(36)37)28-17-4-3-7-31(15-17)25(34)19-14-23(33)29-21-6-2-1-5-18(19)21/h1-2,5-6,12-14,17,28H,3-4,7-11,15H2,(H,29,33). The molecule has 2 fully saturated rings. The summed E-state index contributed by atoms with van der Waals surface area (Å²) in [5.41, 5.74) is 0.623. The van der Waals surface area contributed by atoms with Crippen molar-refractivity contribution in [1.29, 1.82) is 0 Å². The number of amides is 2. The lowest BCUT2D eigenvalue weighted by Crippen LogP contribution is -2.46. The highest BCUT2D eigenvalue weighted by atomic mass is 79.9. The number of ether oxygens (including phenoxy) is 1. The predicted octanol–water partition coefficient (Wildman–Crippen LogP) is 3.39. The number of nitrogens with one attached hydrogen (secondary N) is 2. The fourth-order valence-electron chi connectivity index (χ4n) is 5.03. The molecule has 2 aliphatic rings. The quantitative estimate of drug-likeness (QED) is 0.347. The summed E-state index contributed by atoms with van der Waals surface area (Å²) in [6.07, 6.45) is 1.31. The van der Waals surface area contributed by atoms with Gasteiger partial charge in [-0.25, -0.2) is 0 Å². The molecule has 1 atom stereocenters. The highest BCUT2D eigenvalue weighted by Crippen LogP contribution is 2.35. The number of fused-ring (bicyclic) bond motifs is 1. The summed E-state index contributed by atoms with van der Waals surface area (Å²) in [7, 11) is 0. The molecule has 38 heavy (non-hydrogen) atoms. The van der Waals surface area contributed by atoms with E-state index in [1.807, 2.05) is 0 Å². The van der Waals surface area contributed by atoms with E-state index in [4.69, 9.17) is 4.74 Å². The second-order valence-electron chi connectivity index (χ2n) is 9.34. The summed E-state index contributed by atoms with van der Waals surface area (Å²) in [6.45, 7) is 2.35. The molecule has 1 unspecified atom stereocenters. The van der Waals surface area contributed by atoms with E-state index in [2.05, 4.69) is 26.2 Å². The summed E-state index contributed by atoms with van der Waals surface area (Å²) in [5.74, 6) is -0.604. The number of benzene rings is 2. The molecule has 0 spiro atoms. The number of aromatic amines is 1. The zero-order valence-electron chi connectivity index (χ0n) is 20.4. The number of para-hydroxylation sites is 1. The Morgan fingerprint density at radius 1 is 1.05 bits per heavy atom. The molecule has 3 heterocycles. The zero-order valence-corrected chi connectivity index (χ0v) is 22.0. The Bertz CT molecular complexity index is 1470. The number of hydrogen-bond acceptors (Lipinski definition) is 7. The molecular weight excluding hydrogens is 558 g/mol. The summed E-state index contributed by atoms with van der Waals surface area (Å²) in [6, 6.07) is 11.0. The van der Waals surface area contributed by atoms with Crippen LogP contribution in [0.25, 0.3) is 10.9 Å². The van der Waals surface area contributed by atoms with E-state index in [0.29, 0.717) is 66.6 Å². The normalized spacial score (nSPS) is 17.9. The molecule has 11 nitrogen and oxygen atoms in total. The average Bonchev–Trinajstić information content (AvgIpc) is 2.93. The molecule has 198 valence electrons. The Morgan fingerprint density at radius 3 is 2.55 bits per heavy atom. The Balaban J connectivity index is 1.44. The maximum atomic E-state index is 13.5. The number of morpholine rings is 1. The second-order valence-corrected chi connectivity index (χ2v) is 10.3. The predicted molar refractivity (Wildman–Crippen MR) is 145 cm³/mol. The highest BCUT2D eigenvalue weighted by molar-refractivity contribution is 9.10. The summed E-state index contributed by atoms with van der Waals surface area (Å²) in [5, 5.41) is 15.9. The number of piperidine rings is 1. The molecule has 0 bridgehead atoms. The molecule has 2 N–H and O–H groups in total. The van der Waals surface area contributed by atoms with Gasteiger partial charge in [-0.1, -0.05) is 34.1 Å². The molecule has 0 saturated carbocycles. The third kappa shape index (κ3) is 5.27. The van der Waals surface area contributed by atoms with Gasteiger partial charge in [0.25, 0.3) is 17.5 Å². The topological polar surface area (TPSA) is 138 Å². The number of hydrogen-bond donors (Lipinski definition) is 2. The number of rotatable bonds is 5. The lowest BCUT2D eigenvalue weighted by molar-refractivity contribution is -0.384. The van der Waals surface area contributed by atoms with Crippen LogP contribution in [0.15, 0.2) is 51.7 Å². The first kappa shape index (κ1) is 25.9. The van der Waals surface area contributed by atoms with E-state index >= 15 is 0 Å². The van der Waals surface area contributed by atoms with Crippen LogP contribution >= 0.6 is 15.9 Å². The molecule has 0 aliphatic carbocycles. The fourth-order valence-corrected chi connectivity index (χ4v) is 5.47. The van der Waals surface area contributed by atoms with Crippen molar-refractivity contribution in [1.82, 2.24) is 14.8 Å². The summed E-state index contributed by atoms with van der Waals surface area (Å²) >= 11 is 3.30. The van der Waals surface area contributed by atoms with E-state index in [-0.39, 0.29) is 46.9 Å². The van der Waals surface area contributed by atoms with E-state index < -0.39 is 4.92 Å². The first-order valence-corrected chi connectivity index (χ1v) is 13.1. The van der Waals surface area contributed by atoms with Gasteiger partial charge in [-0.15, -0.1) is 0 Å². The van der Waals surface area contributed by atoms with Gasteiger partial charge in [0.05, 0.1) is 29.3 Å². The van der Waals surface area contributed by atoms with Gasteiger partial charge in [0, 0.05) is 59.7 Å². The second kappa shape index (κ2) is 10.9. The molecule has 2 aliphatic heterocycles. The van der Waals surface area contributed by atoms with Crippen molar-refractivity contribution in [3.05, 3.63) is 78.5 Å². The molecule has 2 saturated heterocycles. The third-order valence-electron chi connectivity index (χ3n) is 6.85. The maximum absolute atomic E-state index is 13.5. The van der Waals surface area contributed by atoms with Crippen LogP contribution < -0.4 is 10.9 Å². The minimum atomic E-state index is -0.517. The number of pyridine rings is 1. The minimum absolute atomic E-state index is 0.135. The summed E-state index contributed by atoms with van der Waals surface area (Å²) in [4.78, 5) is 56.6. The number of likely N-dealkylation sites (tertiary alicyclic amines) is 1. The van der Waals surface area contributed by atoms with E-state index in [1.165, 1.54) is 12.1 Å². The van der Waals surface area contributed by atoms with E-state index in [9.17, 15) is 24.5 Å². The first-order chi connectivity index (χ1) is 18.3. The van der Waals surface area contributed by atoms with Crippen LogP contribution in [0.1, 0.15) is 33.6 Å². The van der Waals surface area contributed by atoms with Gasteiger partial charge in [0.15, 0.2) is 0 Å². The minimum Gasteiger partial charge on any atom is -0.378 e. The monoisotopic (exact) mass is 583 g/mol. The first-order valence-electron chi connectivity index (χ1n) is 12.3. The molecule has 12 heteroatoms. The lowest BCUT2D eigenvalue weighted by atomic mass is 10.0. The van der Waals surface area contributed by atoms with Crippen molar-refractivity contribution < 1.29 is 19.2 Å². The lowest BCUT2D eigenvalue weighted by Gasteiger charge is -2.34. The van der Waals surface area contributed by atoms with E-state index in [1.54, 1.807) is 40.1 Å². The zero-order chi connectivity index (χ0) is 26.8. The largest absolute Gasteiger partial charge is 0.378 e. The van der Waals surface area contributed by atoms with Gasteiger partial charge in [0.1, 0.15) is 5.69 Å². The van der Waals surface area contributed by atoms with Gasteiger partial charge < -0.3 is 24.8 Å². The molecule has 2 amide bonds. The SMILES string of the molecule is O=C(c1cc(Br)cc([N+](=O)[O-])c1NC1CCCN(C(=O)c2cc(=O)[nH]c3ccccc23)C1)N1CCOCC1. The molecular formula is C26H26BrN5O6. The fraction of sp³-hybridized carbons (Fsp3) is 0.346. The molecule has 5 rings (SSSR count). The van der Waals surface area contributed by atoms with Crippen LogP contribution in [0.4, 0.5) is 11.4 Å². The van der Waals surface area contributed by atoms with Gasteiger partial charge in [-0.05, 0) is 25.0 Å². The number of carbonyl (C=O) groups excluding carboxylic acids is 2. The van der Waals surface area contributed by atoms with Gasteiger partial charge in [-0.2, -0.15) is 0 Å². The number of carbonyl (C=O) groups is 2. The van der Waals surface area contributed by atoms with Crippen LogP contribution in [0.3, 0.4) is 0 Å². The number of nitro benzene ring substituents is 1. The van der Waals surface area contributed by atoms with Gasteiger partial charge in [0.2, 0.25) is 5.56 Å². The van der Waals surface area contributed by atoms with Crippen LogP contribution in [0, 0.1) is 10.1 Å². The van der Waals surface area contributed by atoms with E-state index in [0.717, 1.165) is 0 Å². The number of anilines is 1. The van der Waals surface area contributed by atoms with Crippen LogP contribution in [-0.4, -0.2) is 77.0 Å². The Hall–Kier alpha value is -3.77. The smallest absolute Gasteiger partial charge is 0.294 e. The summed E-state index contributed by atoms with van der Waals surface area (Å²) < 4.78 is 5.77. The highest BCUT2D eigenvalue weighted by Gasteiger charge is 2.31. The van der Waals surface area contributed by atoms with Crippen molar-refractivity contribution in [2.75, 3.05) is 44.7 Å². The van der Waals surface area contributed by atoms with Crippen molar-refractivity contribution in [3.63, 3.8) is 0 Å². The Morgan fingerprint density at radius 2 is 1.79 bits per heavy atom. The van der Waals surface area contributed by atoms with Crippen molar-refractivity contribution in [3.8, 4) is 0 Å². The average molecular weight is 584 g/mol. The van der Waals surface area contributed by atoms with Crippen LogP contribution in [0.5, 0.6) is 0 Å².